The summed E-state index contributed by atoms with van der Waals surface area (Å²) in [5.41, 5.74) is 2.08. The average molecular weight is 412 g/mol. The number of hydrogen-bond donors (Lipinski definition) is 1. The van der Waals surface area contributed by atoms with Gasteiger partial charge in [0.25, 0.3) is 0 Å². The third-order valence-electron chi connectivity index (χ3n) is 5.34. The van der Waals surface area contributed by atoms with Gasteiger partial charge in [-0.3, -0.25) is 9.78 Å². The van der Waals surface area contributed by atoms with Gasteiger partial charge in [0.1, 0.15) is 5.69 Å². The van der Waals surface area contributed by atoms with Crippen LogP contribution in [-0.2, 0) is 24.1 Å². The molecule has 0 saturated heterocycles. The summed E-state index contributed by atoms with van der Waals surface area (Å²) < 4.78 is 5.24. The fourth-order valence-electron chi connectivity index (χ4n) is 3.53. The molecule has 1 unspecified atom stereocenters. The Bertz CT molecular complexity index is 990. The predicted octanol–water partition coefficient (Wildman–Crippen LogP) is 4.31. The van der Waals surface area contributed by atoms with Gasteiger partial charge in [-0.15, -0.1) is 11.3 Å². The van der Waals surface area contributed by atoms with Crippen LogP contribution in [0.2, 0.25) is 0 Å². The average Bonchev–Trinajstić information content (AvgIpc) is 3.32. The Labute approximate surface area is 174 Å². The first-order chi connectivity index (χ1) is 13.9. The minimum Gasteiger partial charge on any atom is -0.339 e. The number of aryl methyl sites for hydroxylation is 2. The third kappa shape index (κ3) is 4.70. The lowest BCUT2D eigenvalue weighted by Gasteiger charge is -2.33. The van der Waals surface area contributed by atoms with E-state index in [1.807, 2.05) is 18.2 Å². The molecule has 1 atom stereocenters. The van der Waals surface area contributed by atoms with E-state index in [0.29, 0.717) is 40.3 Å². The van der Waals surface area contributed by atoms with E-state index < -0.39 is 0 Å². The number of anilines is 1. The van der Waals surface area contributed by atoms with E-state index in [1.54, 1.807) is 17.5 Å². The molecule has 0 fully saturated rings. The highest BCUT2D eigenvalue weighted by Crippen LogP contribution is 2.40. The lowest BCUT2D eigenvalue weighted by molar-refractivity contribution is -0.116. The van der Waals surface area contributed by atoms with Crippen LogP contribution >= 0.6 is 11.3 Å². The van der Waals surface area contributed by atoms with E-state index in [9.17, 15) is 4.79 Å². The molecule has 0 bridgehead atoms. The molecule has 8 heteroatoms. The number of pyridine rings is 1. The zero-order valence-corrected chi connectivity index (χ0v) is 17.8. The molecule has 3 aromatic heterocycles. The fourth-order valence-corrected chi connectivity index (χ4v) is 4.63. The normalized spacial score (nSPS) is 16.4. The van der Waals surface area contributed by atoms with E-state index in [4.69, 9.17) is 4.52 Å². The lowest BCUT2D eigenvalue weighted by Crippen LogP contribution is -2.26. The van der Waals surface area contributed by atoms with Gasteiger partial charge in [-0.05, 0) is 42.7 Å². The van der Waals surface area contributed by atoms with Gasteiger partial charge in [-0.2, -0.15) is 4.98 Å². The Balaban J connectivity index is 1.32. The van der Waals surface area contributed by atoms with Gasteiger partial charge in [0.15, 0.2) is 5.13 Å². The van der Waals surface area contributed by atoms with Crippen LogP contribution in [0.5, 0.6) is 0 Å². The lowest BCUT2D eigenvalue weighted by atomic mass is 9.73. The Kier molecular flexibility index (Phi) is 5.45. The zero-order chi connectivity index (χ0) is 20.4. The van der Waals surface area contributed by atoms with Crippen molar-refractivity contribution in [1.29, 1.82) is 0 Å². The van der Waals surface area contributed by atoms with Crippen LogP contribution in [-0.4, -0.2) is 26.0 Å². The van der Waals surface area contributed by atoms with E-state index >= 15 is 0 Å². The predicted molar refractivity (Wildman–Crippen MR) is 112 cm³/mol. The molecule has 0 radical (unpaired) electrons. The first kappa shape index (κ1) is 19.7. The summed E-state index contributed by atoms with van der Waals surface area (Å²) in [6.07, 6.45) is 5.51. The van der Waals surface area contributed by atoms with Crippen LogP contribution in [0.4, 0.5) is 5.13 Å². The molecule has 29 heavy (non-hydrogen) atoms. The highest BCUT2D eigenvalue weighted by Gasteiger charge is 2.30. The Morgan fingerprint density at radius 1 is 1.31 bits per heavy atom. The van der Waals surface area contributed by atoms with Crippen molar-refractivity contribution in [2.75, 3.05) is 5.32 Å². The smallest absolute Gasteiger partial charge is 0.227 e. The molecule has 152 valence electrons. The number of fused-ring (bicyclic) bond motifs is 1. The molecular weight excluding hydrogens is 386 g/mol. The van der Waals surface area contributed by atoms with Crippen molar-refractivity contribution in [2.24, 2.45) is 11.3 Å². The summed E-state index contributed by atoms with van der Waals surface area (Å²) in [7, 11) is 0. The van der Waals surface area contributed by atoms with Gasteiger partial charge in [0.2, 0.25) is 17.6 Å². The Morgan fingerprint density at radius 3 is 2.93 bits per heavy atom. The number of rotatable bonds is 5. The van der Waals surface area contributed by atoms with Crippen LogP contribution in [0.25, 0.3) is 11.5 Å². The summed E-state index contributed by atoms with van der Waals surface area (Å²) in [5.74, 6) is 1.42. The third-order valence-corrected chi connectivity index (χ3v) is 6.37. The molecule has 1 aliphatic rings. The first-order valence-corrected chi connectivity index (χ1v) is 10.7. The summed E-state index contributed by atoms with van der Waals surface area (Å²) >= 11 is 1.60. The maximum atomic E-state index is 12.4. The maximum absolute atomic E-state index is 12.4. The number of hydrogen-bond acceptors (Lipinski definition) is 7. The maximum Gasteiger partial charge on any atom is 0.227 e. The number of carbonyl (C=O) groups excluding carboxylic acids is 1. The van der Waals surface area contributed by atoms with Crippen molar-refractivity contribution in [2.45, 2.75) is 52.9 Å². The fraction of sp³-hybridized carbons (Fsp3) is 0.476. The van der Waals surface area contributed by atoms with Gasteiger partial charge in [-0.1, -0.05) is 32.0 Å². The molecule has 4 rings (SSSR count). The highest BCUT2D eigenvalue weighted by atomic mass is 32.1. The first-order valence-electron chi connectivity index (χ1n) is 9.91. The van der Waals surface area contributed by atoms with Gasteiger partial charge >= 0.3 is 0 Å². The van der Waals surface area contributed by atoms with Crippen LogP contribution < -0.4 is 5.32 Å². The second-order valence-electron chi connectivity index (χ2n) is 8.47. The van der Waals surface area contributed by atoms with Gasteiger partial charge in [-0.25, -0.2) is 4.98 Å². The molecule has 7 nitrogen and oxygen atoms in total. The van der Waals surface area contributed by atoms with Crippen molar-refractivity contribution < 1.29 is 9.32 Å². The van der Waals surface area contributed by atoms with E-state index in [-0.39, 0.29) is 12.3 Å². The number of nitrogens with one attached hydrogen (secondary N) is 1. The molecular formula is C21H25N5O2S. The molecule has 1 amide bonds. The van der Waals surface area contributed by atoms with Gasteiger partial charge < -0.3 is 9.84 Å². The van der Waals surface area contributed by atoms with Crippen molar-refractivity contribution in [1.82, 2.24) is 20.1 Å². The van der Waals surface area contributed by atoms with Crippen molar-refractivity contribution in [3.05, 3.63) is 40.9 Å². The largest absolute Gasteiger partial charge is 0.339 e. The number of carbonyl (C=O) groups is 1. The highest BCUT2D eigenvalue weighted by molar-refractivity contribution is 7.15. The van der Waals surface area contributed by atoms with E-state index in [0.717, 1.165) is 25.0 Å². The molecule has 1 N–H and O–H groups in total. The summed E-state index contributed by atoms with van der Waals surface area (Å²) in [6.45, 7) is 6.88. The monoisotopic (exact) mass is 411 g/mol. The van der Waals surface area contributed by atoms with Crippen LogP contribution in [0.15, 0.2) is 28.9 Å². The number of aromatic nitrogens is 4. The summed E-state index contributed by atoms with van der Waals surface area (Å²) in [4.78, 5) is 26.8. The zero-order valence-electron chi connectivity index (χ0n) is 16.9. The van der Waals surface area contributed by atoms with Crippen molar-refractivity contribution in [3.8, 4) is 11.5 Å². The summed E-state index contributed by atoms with van der Waals surface area (Å²) in [5, 5.41) is 7.55. The standard InChI is InChI=1S/C21H25N5O2S/c1-21(2,3)13-7-8-14-16(12-13)29-20(23-14)24-17(27)9-10-18-25-19(26-28-18)15-6-4-5-11-22-15/h4-6,11,13H,7-10,12H2,1-3H3,(H,23,24,27). The van der Waals surface area contributed by atoms with Gasteiger partial charge in [0.05, 0.1) is 5.69 Å². The Morgan fingerprint density at radius 2 is 2.17 bits per heavy atom. The minimum atomic E-state index is -0.0962. The van der Waals surface area contributed by atoms with Crippen molar-refractivity contribution >= 4 is 22.4 Å². The molecule has 1 aliphatic carbocycles. The number of nitrogens with zero attached hydrogens (tertiary/aromatic N) is 4. The van der Waals surface area contributed by atoms with Crippen LogP contribution in [0.3, 0.4) is 0 Å². The van der Waals surface area contributed by atoms with Gasteiger partial charge in [0, 0.05) is 23.9 Å². The molecule has 3 aromatic rings. The van der Waals surface area contributed by atoms with Crippen molar-refractivity contribution in [3.63, 3.8) is 0 Å². The molecule has 0 aliphatic heterocycles. The molecule has 0 saturated carbocycles. The van der Waals surface area contributed by atoms with E-state index in [1.165, 1.54) is 4.88 Å². The second kappa shape index (κ2) is 8.02. The van der Waals surface area contributed by atoms with Crippen LogP contribution in [0.1, 0.15) is 50.1 Å². The Hall–Kier alpha value is -2.61. The molecule has 0 aromatic carbocycles. The SMILES string of the molecule is CC(C)(C)C1CCc2nc(NC(=O)CCc3nc(-c4ccccn4)no3)sc2C1. The second-order valence-corrected chi connectivity index (χ2v) is 9.55. The molecule has 0 spiro atoms. The minimum absolute atomic E-state index is 0.0962. The molecule has 3 heterocycles. The summed E-state index contributed by atoms with van der Waals surface area (Å²) in [6, 6.07) is 5.51. The number of amides is 1. The quantitative estimate of drug-likeness (QED) is 0.672. The van der Waals surface area contributed by atoms with E-state index in [2.05, 4.69) is 46.2 Å². The number of thiazole rings is 1. The topological polar surface area (TPSA) is 93.8 Å². The van der Waals surface area contributed by atoms with Crippen LogP contribution in [0, 0.1) is 11.3 Å².